The summed E-state index contributed by atoms with van der Waals surface area (Å²) in [7, 11) is 0. The molecule has 7 rings (SSSR count). The van der Waals surface area contributed by atoms with E-state index in [1.165, 1.54) is 44.2 Å². The fraction of sp³-hybridized carbons (Fsp3) is 0.273. The minimum absolute atomic E-state index is 0.487. The molecule has 248 valence electrons. The zero-order valence-corrected chi connectivity index (χ0v) is 30.0. The van der Waals surface area contributed by atoms with Crippen LogP contribution in [-0.4, -0.2) is 19.3 Å². The number of ether oxygens (including phenoxy) is 1. The van der Waals surface area contributed by atoms with Crippen molar-refractivity contribution in [1.29, 1.82) is 0 Å². The van der Waals surface area contributed by atoms with Crippen molar-refractivity contribution in [3.05, 3.63) is 131 Å². The zero-order valence-electron chi connectivity index (χ0n) is 30.0. The lowest BCUT2D eigenvalue weighted by Gasteiger charge is -2.18. The zero-order chi connectivity index (χ0) is 34.4. The first-order chi connectivity index (χ1) is 23.6. The Morgan fingerprint density at radius 3 is 2.27 bits per heavy atom. The lowest BCUT2D eigenvalue weighted by molar-refractivity contribution is 0.482. The Bertz CT molecular complexity index is 2320. The summed E-state index contributed by atoms with van der Waals surface area (Å²) in [6, 6.07) is 32.0. The van der Waals surface area contributed by atoms with Crippen LogP contribution in [0.25, 0.3) is 44.4 Å². The van der Waals surface area contributed by atoms with E-state index in [2.05, 4.69) is 137 Å². The third-order valence-corrected chi connectivity index (χ3v) is 9.71. The molecule has 0 bridgehead atoms. The highest BCUT2D eigenvalue weighted by atomic mass is 16.5. The van der Waals surface area contributed by atoms with E-state index >= 15 is 0 Å². The van der Waals surface area contributed by atoms with Gasteiger partial charge in [0.1, 0.15) is 17.3 Å². The van der Waals surface area contributed by atoms with Gasteiger partial charge in [-0.05, 0) is 123 Å². The van der Waals surface area contributed by atoms with Crippen LogP contribution in [0.1, 0.15) is 73.7 Å². The molecule has 0 fully saturated rings. The van der Waals surface area contributed by atoms with Gasteiger partial charge in [-0.2, -0.15) is 5.10 Å². The van der Waals surface area contributed by atoms with Crippen LogP contribution >= 0.6 is 0 Å². The molecule has 0 atom stereocenters. The van der Waals surface area contributed by atoms with Crippen molar-refractivity contribution in [2.75, 3.05) is 0 Å². The number of pyridine rings is 1. The molecule has 3 aromatic heterocycles. The second kappa shape index (κ2) is 13.0. The minimum atomic E-state index is 0.487. The maximum atomic E-state index is 6.57. The molecule has 0 aliphatic rings. The van der Waals surface area contributed by atoms with Crippen LogP contribution in [0.15, 0.2) is 97.2 Å². The fourth-order valence-corrected chi connectivity index (χ4v) is 7.20. The average Bonchev–Trinajstić information content (AvgIpc) is 3.56. The van der Waals surface area contributed by atoms with Gasteiger partial charge in [0.25, 0.3) is 0 Å². The smallest absolute Gasteiger partial charge is 0.137 e. The molecule has 0 N–H and O–H groups in total. The predicted molar refractivity (Wildman–Crippen MR) is 204 cm³/mol. The Labute approximate surface area is 290 Å². The first-order valence-corrected chi connectivity index (χ1v) is 17.5. The fourth-order valence-electron chi connectivity index (χ4n) is 7.20. The van der Waals surface area contributed by atoms with Crippen LogP contribution in [-0.2, 0) is 6.42 Å². The predicted octanol–water partition coefficient (Wildman–Crippen LogP) is 11.8. The van der Waals surface area contributed by atoms with E-state index in [4.69, 9.17) is 14.8 Å². The molecule has 0 radical (unpaired) electrons. The van der Waals surface area contributed by atoms with Crippen LogP contribution < -0.4 is 4.74 Å². The number of hydrogen-bond donors (Lipinski definition) is 0. The van der Waals surface area contributed by atoms with Crippen LogP contribution in [0.4, 0.5) is 0 Å². The number of para-hydroxylation sites is 1. The van der Waals surface area contributed by atoms with Gasteiger partial charge in [-0.15, -0.1) is 0 Å². The molecule has 0 unspecified atom stereocenters. The Morgan fingerprint density at radius 2 is 1.49 bits per heavy atom. The van der Waals surface area contributed by atoms with E-state index < -0.39 is 0 Å². The van der Waals surface area contributed by atoms with Crippen molar-refractivity contribution >= 4 is 21.8 Å². The summed E-state index contributed by atoms with van der Waals surface area (Å²) in [6.45, 7) is 17.9. The summed E-state index contributed by atoms with van der Waals surface area (Å²) < 4.78 is 10.9. The molecule has 5 nitrogen and oxygen atoms in total. The van der Waals surface area contributed by atoms with Crippen LogP contribution in [0.5, 0.6) is 11.5 Å². The van der Waals surface area contributed by atoms with Crippen molar-refractivity contribution in [2.24, 2.45) is 5.92 Å². The molecule has 0 spiro atoms. The topological polar surface area (TPSA) is 44.9 Å². The molecule has 0 saturated heterocycles. The van der Waals surface area contributed by atoms with E-state index in [-0.39, 0.29) is 0 Å². The second-order valence-electron chi connectivity index (χ2n) is 14.2. The van der Waals surface area contributed by atoms with E-state index in [1.807, 2.05) is 24.4 Å². The molecule has 5 heteroatoms. The number of hydrogen-bond acceptors (Lipinski definition) is 3. The molecule has 0 amide bonds. The van der Waals surface area contributed by atoms with Crippen molar-refractivity contribution in [3.8, 4) is 34.1 Å². The lowest BCUT2D eigenvalue weighted by atomic mass is 9.86. The molecule has 3 heterocycles. The highest BCUT2D eigenvalue weighted by molar-refractivity contribution is 6.09. The van der Waals surface area contributed by atoms with Gasteiger partial charge in [0.05, 0.1) is 22.4 Å². The maximum Gasteiger partial charge on any atom is 0.137 e. The summed E-state index contributed by atoms with van der Waals surface area (Å²) in [5.41, 5.74) is 13.2. The molecule has 0 aliphatic carbocycles. The normalized spacial score (nSPS) is 11.8. The molecular weight excluding hydrogens is 601 g/mol. The number of rotatable bonds is 9. The Hall–Kier alpha value is -5.16. The standard InChI is InChI=1S/C44H46N4O/c1-27(2)16-17-33-24-34(28(3)4)23-30(6)43(33)44-31(7)46-48(32(44)8)35-12-11-13-36(25-35)49-37-18-19-39-38-14-9-10-15-40(38)47(41(39)26-37)42-22-29(5)20-21-45-42/h9-15,18-28H,16-17H2,1-8H3. The number of aromatic nitrogens is 4. The summed E-state index contributed by atoms with van der Waals surface area (Å²) in [5, 5.41) is 7.47. The van der Waals surface area contributed by atoms with Gasteiger partial charge in [0, 0.05) is 40.4 Å². The quantitative estimate of drug-likeness (QED) is 0.157. The molecule has 4 aromatic carbocycles. The van der Waals surface area contributed by atoms with Gasteiger partial charge < -0.3 is 4.74 Å². The van der Waals surface area contributed by atoms with E-state index in [0.717, 1.165) is 58.3 Å². The Balaban J connectivity index is 1.26. The van der Waals surface area contributed by atoms with E-state index in [1.54, 1.807) is 0 Å². The summed E-state index contributed by atoms with van der Waals surface area (Å²) in [6.07, 6.45) is 4.09. The molecule has 49 heavy (non-hydrogen) atoms. The summed E-state index contributed by atoms with van der Waals surface area (Å²) >= 11 is 0. The number of nitrogens with zero attached hydrogens (tertiary/aromatic N) is 4. The van der Waals surface area contributed by atoms with Crippen LogP contribution in [0, 0.1) is 33.6 Å². The third-order valence-electron chi connectivity index (χ3n) is 9.71. The van der Waals surface area contributed by atoms with Gasteiger partial charge in [-0.25, -0.2) is 9.67 Å². The van der Waals surface area contributed by atoms with E-state index in [0.29, 0.717) is 11.8 Å². The molecular formula is C44H46N4O. The molecule has 7 aromatic rings. The first kappa shape index (κ1) is 32.4. The highest BCUT2D eigenvalue weighted by Gasteiger charge is 2.21. The molecule has 0 aliphatic heterocycles. The highest BCUT2D eigenvalue weighted by Crippen LogP contribution is 2.38. The van der Waals surface area contributed by atoms with Crippen LogP contribution in [0.2, 0.25) is 0 Å². The Morgan fingerprint density at radius 1 is 0.714 bits per heavy atom. The van der Waals surface area contributed by atoms with Gasteiger partial charge in [-0.3, -0.25) is 4.57 Å². The van der Waals surface area contributed by atoms with Crippen molar-refractivity contribution in [1.82, 2.24) is 19.3 Å². The van der Waals surface area contributed by atoms with E-state index in [9.17, 15) is 0 Å². The van der Waals surface area contributed by atoms with Crippen LogP contribution in [0.3, 0.4) is 0 Å². The first-order valence-electron chi connectivity index (χ1n) is 17.5. The van der Waals surface area contributed by atoms with Gasteiger partial charge in [0.2, 0.25) is 0 Å². The maximum absolute atomic E-state index is 6.57. The number of benzene rings is 4. The average molecular weight is 647 g/mol. The van der Waals surface area contributed by atoms with Crippen molar-refractivity contribution in [2.45, 2.75) is 74.1 Å². The van der Waals surface area contributed by atoms with Gasteiger partial charge in [0.15, 0.2) is 0 Å². The van der Waals surface area contributed by atoms with Crippen molar-refractivity contribution in [3.63, 3.8) is 0 Å². The molecule has 0 saturated carbocycles. The largest absolute Gasteiger partial charge is 0.457 e. The Kier molecular flexibility index (Phi) is 8.62. The van der Waals surface area contributed by atoms with Gasteiger partial charge in [-0.1, -0.05) is 64.1 Å². The SMILES string of the molecule is Cc1ccnc(-n2c3ccccc3c3ccc(Oc4cccc(-n5nc(C)c(-c6c(C)cc(C(C)C)cc6CCC(C)C)c5C)c4)cc32)c1. The lowest BCUT2D eigenvalue weighted by Crippen LogP contribution is -2.02. The third kappa shape index (κ3) is 6.14. The second-order valence-corrected chi connectivity index (χ2v) is 14.2. The summed E-state index contributed by atoms with van der Waals surface area (Å²) in [4.78, 5) is 4.73. The minimum Gasteiger partial charge on any atom is -0.457 e. The summed E-state index contributed by atoms with van der Waals surface area (Å²) in [5.74, 6) is 3.56. The van der Waals surface area contributed by atoms with Gasteiger partial charge >= 0.3 is 0 Å². The monoisotopic (exact) mass is 646 g/mol. The van der Waals surface area contributed by atoms with Crippen molar-refractivity contribution < 1.29 is 4.74 Å². The number of aryl methyl sites for hydroxylation is 4. The number of fused-ring (bicyclic) bond motifs is 3.